The molecule has 2 rings (SSSR count). The molecule has 2 aliphatic rings. The van der Waals surface area contributed by atoms with Gasteiger partial charge in [-0.1, -0.05) is 25.0 Å². The Kier molecular flexibility index (Phi) is 6.22. The summed E-state index contributed by atoms with van der Waals surface area (Å²) in [5.41, 5.74) is 1.69. The molecule has 0 aromatic rings. The van der Waals surface area contributed by atoms with Gasteiger partial charge in [0.2, 0.25) is 0 Å². The van der Waals surface area contributed by atoms with Crippen LogP contribution in [0.1, 0.15) is 64.7 Å². The van der Waals surface area contributed by atoms with Crippen LogP contribution in [-0.4, -0.2) is 25.3 Å². The normalized spacial score (nSPS) is 29.1. The molecular formula is C16H29NO. The summed E-state index contributed by atoms with van der Waals surface area (Å²) in [4.78, 5) is 0. The summed E-state index contributed by atoms with van der Waals surface area (Å²) >= 11 is 0. The zero-order chi connectivity index (χ0) is 12.6. The third kappa shape index (κ3) is 4.74. The smallest absolute Gasteiger partial charge is 0.0589 e. The molecule has 1 heterocycles. The fraction of sp³-hybridized carbons (Fsp3) is 0.875. The first-order chi connectivity index (χ1) is 8.88. The third-order valence-electron chi connectivity index (χ3n) is 4.24. The predicted octanol–water partition coefficient (Wildman–Crippen LogP) is 3.81. The van der Waals surface area contributed by atoms with Gasteiger partial charge in [0.25, 0.3) is 0 Å². The van der Waals surface area contributed by atoms with Crippen LogP contribution in [0, 0.1) is 0 Å². The van der Waals surface area contributed by atoms with E-state index >= 15 is 0 Å². The Balaban J connectivity index is 1.62. The van der Waals surface area contributed by atoms with Crippen LogP contribution in [0.2, 0.25) is 0 Å². The van der Waals surface area contributed by atoms with E-state index < -0.39 is 0 Å². The van der Waals surface area contributed by atoms with Crippen molar-refractivity contribution in [3.63, 3.8) is 0 Å². The Morgan fingerprint density at radius 3 is 3.11 bits per heavy atom. The lowest BCUT2D eigenvalue weighted by Crippen LogP contribution is -2.39. The second-order valence-electron chi connectivity index (χ2n) is 5.82. The van der Waals surface area contributed by atoms with E-state index in [0.29, 0.717) is 12.1 Å². The topological polar surface area (TPSA) is 21.3 Å². The van der Waals surface area contributed by atoms with Gasteiger partial charge in [0.1, 0.15) is 0 Å². The van der Waals surface area contributed by atoms with Crippen molar-refractivity contribution < 1.29 is 4.74 Å². The Labute approximate surface area is 112 Å². The molecule has 1 aliphatic heterocycles. The zero-order valence-corrected chi connectivity index (χ0v) is 11.9. The molecule has 0 spiro atoms. The van der Waals surface area contributed by atoms with Crippen LogP contribution in [0.5, 0.6) is 0 Å². The summed E-state index contributed by atoms with van der Waals surface area (Å²) in [5.74, 6) is 0. The van der Waals surface area contributed by atoms with E-state index in [1.165, 1.54) is 57.8 Å². The van der Waals surface area contributed by atoms with Crippen molar-refractivity contribution in [3.8, 4) is 0 Å². The fourth-order valence-corrected chi connectivity index (χ4v) is 3.16. The molecule has 0 amide bonds. The first-order valence-corrected chi connectivity index (χ1v) is 7.91. The highest BCUT2D eigenvalue weighted by molar-refractivity contribution is 5.05. The maximum absolute atomic E-state index is 5.79. The molecule has 1 N–H and O–H groups in total. The summed E-state index contributed by atoms with van der Waals surface area (Å²) in [5, 5.41) is 3.74. The van der Waals surface area contributed by atoms with Crippen LogP contribution in [0.4, 0.5) is 0 Å². The summed E-state index contributed by atoms with van der Waals surface area (Å²) in [6.07, 6.45) is 14.6. The molecule has 2 heteroatoms. The molecule has 2 atom stereocenters. The maximum atomic E-state index is 5.79. The Morgan fingerprint density at radius 2 is 2.33 bits per heavy atom. The number of nitrogens with one attached hydrogen (secondary N) is 1. The van der Waals surface area contributed by atoms with Crippen molar-refractivity contribution in [1.82, 2.24) is 5.32 Å². The van der Waals surface area contributed by atoms with Crippen LogP contribution in [-0.2, 0) is 4.74 Å². The standard InChI is InChI=1S/C16H29NO/c1-2-6-16-13-15(10-12-18-16)17-11-9-14-7-4-3-5-8-14/h7,15-17H,2-6,8-13H2,1H3. The van der Waals surface area contributed by atoms with Gasteiger partial charge in [-0.15, -0.1) is 0 Å². The molecule has 1 saturated heterocycles. The van der Waals surface area contributed by atoms with Gasteiger partial charge in [-0.05, 0) is 57.9 Å². The molecular weight excluding hydrogens is 222 g/mol. The summed E-state index contributed by atoms with van der Waals surface area (Å²) < 4.78 is 5.79. The summed E-state index contributed by atoms with van der Waals surface area (Å²) in [6, 6.07) is 0.694. The van der Waals surface area contributed by atoms with E-state index in [0.717, 1.165) is 13.2 Å². The highest BCUT2D eigenvalue weighted by Gasteiger charge is 2.21. The van der Waals surface area contributed by atoms with Crippen LogP contribution in [0.3, 0.4) is 0 Å². The van der Waals surface area contributed by atoms with Crippen molar-refractivity contribution in [2.24, 2.45) is 0 Å². The van der Waals surface area contributed by atoms with Crippen molar-refractivity contribution in [3.05, 3.63) is 11.6 Å². The summed E-state index contributed by atoms with van der Waals surface area (Å²) in [7, 11) is 0. The van der Waals surface area contributed by atoms with Gasteiger partial charge in [-0.3, -0.25) is 0 Å². The second-order valence-corrected chi connectivity index (χ2v) is 5.82. The minimum atomic E-state index is 0.509. The molecule has 18 heavy (non-hydrogen) atoms. The van der Waals surface area contributed by atoms with E-state index in [-0.39, 0.29) is 0 Å². The molecule has 0 radical (unpaired) electrons. The molecule has 0 bridgehead atoms. The van der Waals surface area contributed by atoms with Gasteiger partial charge in [-0.2, -0.15) is 0 Å². The van der Waals surface area contributed by atoms with Crippen molar-refractivity contribution >= 4 is 0 Å². The lowest BCUT2D eigenvalue weighted by molar-refractivity contribution is -0.00301. The van der Waals surface area contributed by atoms with Gasteiger partial charge < -0.3 is 10.1 Å². The van der Waals surface area contributed by atoms with Crippen molar-refractivity contribution in [1.29, 1.82) is 0 Å². The zero-order valence-electron chi connectivity index (χ0n) is 11.9. The van der Waals surface area contributed by atoms with E-state index in [2.05, 4.69) is 18.3 Å². The second kappa shape index (κ2) is 7.96. The number of hydrogen-bond donors (Lipinski definition) is 1. The number of hydrogen-bond acceptors (Lipinski definition) is 2. The van der Waals surface area contributed by atoms with Crippen LogP contribution < -0.4 is 5.32 Å². The third-order valence-corrected chi connectivity index (χ3v) is 4.24. The minimum Gasteiger partial charge on any atom is -0.378 e. The Bertz CT molecular complexity index is 260. The Hall–Kier alpha value is -0.340. The van der Waals surface area contributed by atoms with E-state index in [4.69, 9.17) is 4.74 Å². The number of ether oxygens (including phenoxy) is 1. The van der Waals surface area contributed by atoms with Gasteiger partial charge >= 0.3 is 0 Å². The maximum Gasteiger partial charge on any atom is 0.0589 e. The first kappa shape index (κ1) is 14.1. The van der Waals surface area contributed by atoms with E-state index in [1.54, 1.807) is 5.57 Å². The van der Waals surface area contributed by atoms with Crippen molar-refractivity contribution in [2.45, 2.75) is 76.9 Å². The van der Waals surface area contributed by atoms with Crippen molar-refractivity contribution in [2.75, 3.05) is 13.2 Å². The lowest BCUT2D eigenvalue weighted by atomic mass is 9.96. The molecule has 2 nitrogen and oxygen atoms in total. The van der Waals surface area contributed by atoms with Gasteiger partial charge in [0.15, 0.2) is 0 Å². The molecule has 104 valence electrons. The molecule has 0 saturated carbocycles. The monoisotopic (exact) mass is 251 g/mol. The SMILES string of the molecule is CCCC1CC(NCCC2=CCCCC2)CCO1. The molecule has 1 aliphatic carbocycles. The van der Waals surface area contributed by atoms with Gasteiger partial charge in [0.05, 0.1) is 6.10 Å². The number of rotatable bonds is 6. The van der Waals surface area contributed by atoms with Crippen LogP contribution >= 0.6 is 0 Å². The molecule has 2 unspecified atom stereocenters. The predicted molar refractivity (Wildman–Crippen MR) is 76.8 cm³/mol. The van der Waals surface area contributed by atoms with Crippen LogP contribution in [0.25, 0.3) is 0 Å². The largest absolute Gasteiger partial charge is 0.378 e. The average molecular weight is 251 g/mol. The molecule has 0 aromatic heterocycles. The van der Waals surface area contributed by atoms with E-state index in [1.807, 2.05) is 0 Å². The van der Waals surface area contributed by atoms with E-state index in [9.17, 15) is 0 Å². The quantitative estimate of drug-likeness (QED) is 0.725. The summed E-state index contributed by atoms with van der Waals surface area (Å²) in [6.45, 7) is 4.36. The Morgan fingerprint density at radius 1 is 1.39 bits per heavy atom. The van der Waals surface area contributed by atoms with Crippen LogP contribution in [0.15, 0.2) is 11.6 Å². The van der Waals surface area contributed by atoms with Gasteiger partial charge in [0, 0.05) is 12.6 Å². The molecule has 1 fully saturated rings. The molecule has 0 aromatic carbocycles. The lowest BCUT2D eigenvalue weighted by Gasteiger charge is -2.30. The first-order valence-electron chi connectivity index (χ1n) is 7.91. The van der Waals surface area contributed by atoms with Gasteiger partial charge in [-0.25, -0.2) is 0 Å². The highest BCUT2D eigenvalue weighted by atomic mass is 16.5. The fourth-order valence-electron chi connectivity index (χ4n) is 3.16. The highest BCUT2D eigenvalue weighted by Crippen LogP contribution is 2.21. The minimum absolute atomic E-state index is 0.509. The average Bonchev–Trinajstić information content (AvgIpc) is 2.41. The number of allylic oxidation sites excluding steroid dienone is 1.